The molecule has 8 radical (unpaired) electrons. The van der Waals surface area contributed by atoms with Crippen molar-refractivity contribution in [1.82, 2.24) is 100 Å². The Morgan fingerprint density at radius 3 is 1.14 bits per heavy atom. The largest absolute Gasteiger partial charge is 1.00 e. The number of nitrogens with zero attached hydrogens (tertiary/aromatic N) is 20. The number of hydrogen-bond acceptors (Lipinski definition) is 30. The summed E-state index contributed by atoms with van der Waals surface area (Å²) in [4.78, 5) is 124. The fourth-order valence-corrected chi connectivity index (χ4v) is 30.6. The van der Waals surface area contributed by atoms with Crippen LogP contribution < -0.4 is 39.9 Å². The molecule has 16 heterocycles. The lowest BCUT2D eigenvalue weighted by molar-refractivity contribution is -0.156. The summed E-state index contributed by atoms with van der Waals surface area (Å²) in [5, 5.41) is 60.4. The molecular formula is C80H70B4Cl2IN20O12PS8. The van der Waals surface area contributed by atoms with Crippen molar-refractivity contribution < 1.29 is 80.3 Å². The summed E-state index contributed by atoms with van der Waals surface area (Å²) in [6.07, 6.45) is 2.26. The molecule has 12 atom stereocenters. The van der Waals surface area contributed by atoms with Crippen molar-refractivity contribution >= 4 is 233 Å². The number of amides is 4. The van der Waals surface area contributed by atoms with Crippen LogP contribution in [0, 0.1) is 23.7 Å². The number of rotatable bonds is 29. The monoisotopic (exact) mass is 2030 g/mol. The first-order chi connectivity index (χ1) is 61.5. The van der Waals surface area contributed by atoms with Gasteiger partial charge in [0.05, 0.1) is 63.5 Å². The number of ether oxygens (including phenoxy) is 1. The Hall–Kier alpha value is -9.27. The van der Waals surface area contributed by atoms with E-state index in [0.29, 0.717) is 47.4 Å². The molecule has 19 rings (SSSR count). The molecule has 648 valence electrons. The fourth-order valence-electron chi connectivity index (χ4n) is 16.5. The van der Waals surface area contributed by atoms with Gasteiger partial charge >= 0.3 is 5.97 Å². The van der Waals surface area contributed by atoms with Gasteiger partial charge in [-0.2, -0.15) is 0 Å². The highest BCUT2D eigenvalue weighted by Crippen LogP contribution is 2.59. The number of fused-ring (bicyclic) bond motifs is 4. The van der Waals surface area contributed by atoms with Gasteiger partial charge in [-0.1, -0.05) is 99.7 Å². The van der Waals surface area contributed by atoms with E-state index < -0.39 is 75.4 Å². The van der Waals surface area contributed by atoms with Crippen LogP contribution in [0.5, 0.6) is 0 Å². The highest BCUT2D eigenvalue weighted by molar-refractivity contribution is 8.03. The number of benzene rings is 3. The van der Waals surface area contributed by atoms with Crippen molar-refractivity contribution in [2.75, 3.05) is 36.0 Å². The molecular weight excluding hydrogens is 1960 g/mol. The summed E-state index contributed by atoms with van der Waals surface area (Å²) >= 11 is 21.0. The second kappa shape index (κ2) is 41.4. The molecule has 8 aliphatic rings. The molecule has 0 aliphatic carbocycles. The standard InChI is InChI=1S/C33H28BN5O3PS2.C17H16BN5O4S2.C15H13BClN5O3S2.C15H13BClN5O2S2.HI/c34-39-36-31(35-37-39)30-23(22-45(42)33-29(32(41)38(30)33)20-24(40)19-28-17-10-18-44-28)21-43(25-11-4-1-5-12-25,26-13-6-2-7-14-26)27-15-8-3-9-16-27;1-9(24)27-7-10-8-29-17-13(6-11(25)5-12-3-2-4-28-12)16(26)22(17)14(10)15-19-21-23(18)20-15;16-22-19-13(18-20-22)12-8(6-17)7-27(25)15-11(14(24)21(12)15)5-9(23)4-10-2-1-3-26-10;16-22-19-13(18-20-22)12-8(6-17)7-26-15-11(14(24)21(12)15)5-9(23)4-10-2-1-3-25-10;/h1-18,29,33H,19-22H2;2-4,8,13-14,17H,5-7H2,1H3;1-3,11,15H,4-7H2;1-3,7,11-12,15H,4-6H2;1H/q+1;;;;/p-1/t29-,33-,45?;13-,14-,17-;11-,15-,27?;11-,12-,15-;/m1111./s1. The Morgan fingerprint density at radius 2 is 0.805 bits per heavy atom. The summed E-state index contributed by atoms with van der Waals surface area (Å²) in [5.74, 6) is -1.54. The highest BCUT2D eigenvalue weighted by Gasteiger charge is 2.61. The van der Waals surface area contributed by atoms with Gasteiger partial charge in [-0.15, -0.1) is 133 Å². The fraction of sp³-hybridized carbons (Fsp3) is 0.312. The van der Waals surface area contributed by atoms with E-state index in [2.05, 4.69) is 98.0 Å². The van der Waals surface area contributed by atoms with Crippen LogP contribution in [-0.4, -0.2) is 251 Å². The Morgan fingerprint density at radius 1 is 0.453 bits per heavy atom. The van der Waals surface area contributed by atoms with Crippen molar-refractivity contribution in [3.8, 4) is 0 Å². The van der Waals surface area contributed by atoms with Crippen LogP contribution in [-0.2, 0) is 95.2 Å². The van der Waals surface area contributed by atoms with Gasteiger partial charge in [0.15, 0.2) is 11.6 Å². The number of ketones is 4. The maximum atomic E-state index is 14.1. The van der Waals surface area contributed by atoms with E-state index in [4.69, 9.17) is 59.9 Å². The van der Waals surface area contributed by atoms with Gasteiger partial charge in [-0.05, 0) is 104 Å². The van der Waals surface area contributed by atoms with E-state index in [-0.39, 0.29) is 173 Å². The normalized spacial score (nSPS) is 22.4. The van der Waals surface area contributed by atoms with Crippen LogP contribution in [0.1, 0.15) is 87.5 Å². The smallest absolute Gasteiger partial charge is 0.302 e. The molecule has 0 spiro atoms. The zero-order chi connectivity index (χ0) is 88.9. The van der Waals surface area contributed by atoms with E-state index in [9.17, 15) is 51.6 Å². The number of hydrogen-bond donors (Lipinski definition) is 0. The molecule has 128 heavy (non-hydrogen) atoms. The van der Waals surface area contributed by atoms with Gasteiger partial charge in [-0.25, -0.2) is 18.8 Å². The van der Waals surface area contributed by atoms with Crippen LogP contribution in [0.4, 0.5) is 0 Å². The number of carbonyl (C=O) groups is 9. The average molecular weight is 2030 g/mol. The van der Waals surface area contributed by atoms with Crippen LogP contribution >= 0.6 is 99.3 Å². The molecule has 3 aromatic carbocycles. The summed E-state index contributed by atoms with van der Waals surface area (Å²) in [6.45, 7) is 1.32. The number of Topliss-reactive ketones (excluding diaryl/α,β-unsaturated/α-hetero) is 4. The Kier molecular flexibility index (Phi) is 30.2. The summed E-state index contributed by atoms with van der Waals surface area (Å²) in [7, 11) is 17.1. The number of β-lactam (4-membered cyclic amide) rings is 4. The molecule has 4 amide bonds. The van der Waals surface area contributed by atoms with Crippen LogP contribution in [0.25, 0.3) is 11.4 Å². The maximum absolute atomic E-state index is 14.1. The Labute approximate surface area is 794 Å². The zero-order valence-corrected chi connectivity index (χ0v) is 78.5. The van der Waals surface area contributed by atoms with Gasteiger partial charge < -0.3 is 38.5 Å². The second-order valence-electron chi connectivity index (χ2n) is 30.1. The predicted octanol–water partition coefficient (Wildman–Crippen LogP) is 2.94. The van der Waals surface area contributed by atoms with E-state index in [1.54, 1.807) is 26.0 Å². The Balaban J connectivity index is 0.000000135. The highest BCUT2D eigenvalue weighted by atomic mass is 127. The number of alkyl halides is 2. The van der Waals surface area contributed by atoms with Crippen molar-refractivity contribution in [3.05, 3.63) is 237 Å². The summed E-state index contributed by atoms with van der Waals surface area (Å²) in [5.41, 5.74) is 3.77. The predicted molar refractivity (Wildman–Crippen MR) is 488 cm³/mol. The third-order valence-electron chi connectivity index (χ3n) is 22.0. The lowest BCUT2D eigenvalue weighted by Crippen LogP contribution is -3.00. The summed E-state index contributed by atoms with van der Waals surface area (Å²) < 4.78 is 35.3. The van der Waals surface area contributed by atoms with E-state index in [1.165, 1.54) is 69.4 Å². The molecule has 8 aromatic heterocycles. The number of aromatic nitrogens is 16. The molecule has 0 saturated carbocycles. The first kappa shape index (κ1) is 93.4. The van der Waals surface area contributed by atoms with E-state index in [1.807, 2.05) is 135 Å². The molecule has 8 aliphatic heterocycles. The number of thioether (sulfide) groups is 2. The van der Waals surface area contributed by atoms with E-state index >= 15 is 0 Å². The van der Waals surface area contributed by atoms with Gasteiger partial charge in [-0.3, -0.25) is 61.4 Å². The third kappa shape index (κ3) is 19.8. The maximum Gasteiger partial charge on any atom is 0.302 e. The number of halogens is 3. The number of esters is 1. The Bertz CT molecular complexity index is 6050. The minimum Gasteiger partial charge on any atom is -1.00 e. The molecule has 4 saturated heterocycles. The molecule has 11 aromatic rings. The topological polar surface area (TPSA) is 384 Å². The van der Waals surface area contributed by atoms with Crippen molar-refractivity contribution in [2.24, 2.45) is 23.7 Å². The molecule has 32 nitrogen and oxygen atoms in total. The third-order valence-corrected chi connectivity index (χ3v) is 36.5. The molecule has 0 N–H and O–H groups in total. The van der Waals surface area contributed by atoms with Gasteiger partial charge in [0, 0.05) is 122 Å². The quantitative estimate of drug-likeness (QED) is 0.0162. The van der Waals surface area contributed by atoms with Crippen molar-refractivity contribution in [3.63, 3.8) is 0 Å². The number of carbonyl (C=O) groups excluding carboxylic acids is 9. The molecule has 0 bridgehead atoms. The minimum absolute atomic E-state index is 0. The molecule has 4 fully saturated rings. The minimum atomic E-state index is -2.41. The van der Waals surface area contributed by atoms with Crippen LogP contribution in [0.15, 0.2) is 194 Å². The van der Waals surface area contributed by atoms with Crippen molar-refractivity contribution in [1.29, 1.82) is 0 Å². The lowest BCUT2D eigenvalue weighted by atomic mass is 9.88. The average Bonchev–Trinajstić information content (AvgIpc) is 1.47. The SMILES string of the molecule is [B]n1nnc(C2=C(CCl)CS(=O)[C@@H]3[C@H](CC(=O)Cc4cccs4)C(=O)N23)n1.[B]n1nnc(C2=C(C[P+](c3ccccc3)(c3ccccc3)c3ccccc3)CS(=O)[C@@H]3[C@H](CC(=O)Cc4cccs4)C(=O)N23)n1.[B]n1nnc([C@H]2C(CCl)=CS[C@@H]3[C@H](CC(=O)Cc4cccs4)C(=O)N23)n1.[B]n1nnc([C@H]2C(COC(C)=O)=CS[C@@H]3[C@H](CC(=O)Cc4cccs4)C(=O)N23)n1.[I-]. The second-order valence-corrected chi connectivity index (χ2v) is 43.3. The first-order valence-electron chi connectivity index (χ1n) is 39.3. The van der Waals surface area contributed by atoms with Gasteiger partial charge in [0.2, 0.25) is 35.3 Å². The first-order valence-corrected chi connectivity index (χ1v) is 50.5. The van der Waals surface area contributed by atoms with Gasteiger partial charge in [0.1, 0.15) is 75.7 Å². The number of tetrazole rings is 4. The molecule has 2 unspecified atom stereocenters. The van der Waals surface area contributed by atoms with Crippen LogP contribution in [0.3, 0.4) is 0 Å². The van der Waals surface area contributed by atoms with Crippen molar-refractivity contribution in [2.45, 2.75) is 91.9 Å². The van der Waals surface area contributed by atoms with E-state index in [0.717, 1.165) is 65.4 Å². The van der Waals surface area contributed by atoms with Gasteiger partial charge in [0.25, 0.3) is 31.9 Å². The summed E-state index contributed by atoms with van der Waals surface area (Å²) in [6, 6.07) is 45.3. The number of thiophene rings is 4. The lowest BCUT2D eigenvalue weighted by Gasteiger charge is -2.52. The molecule has 48 heteroatoms. The zero-order valence-electron chi connectivity index (χ0n) is 67.4. The van der Waals surface area contributed by atoms with Crippen LogP contribution in [0.2, 0.25) is 0 Å².